The number of rotatable bonds is 6. The maximum Gasteiger partial charge on any atom is 0.356 e. The van der Waals surface area contributed by atoms with Gasteiger partial charge in [-0.1, -0.05) is 30.3 Å². The highest BCUT2D eigenvalue weighted by Crippen LogP contribution is 2.26. The fourth-order valence-electron chi connectivity index (χ4n) is 2.50. The van der Waals surface area contributed by atoms with Gasteiger partial charge in [-0.25, -0.2) is 9.78 Å². The van der Waals surface area contributed by atoms with Crippen molar-refractivity contribution in [1.82, 2.24) is 9.55 Å². The summed E-state index contributed by atoms with van der Waals surface area (Å²) in [6.07, 6.45) is 3.89. The minimum absolute atomic E-state index is 0.0280. The SMILES string of the molecule is C[C@H](c1ccccc1)n1cncc1C(=O)OCC1(C=O)COC1. The van der Waals surface area contributed by atoms with Gasteiger partial charge in [-0.3, -0.25) is 0 Å². The van der Waals surface area contributed by atoms with Crippen LogP contribution in [0.5, 0.6) is 0 Å². The average Bonchev–Trinajstić information content (AvgIpc) is 3.04. The molecule has 1 saturated heterocycles. The number of aromatic nitrogens is 2. The molecule has 1 aliphatic heterocycles. The highest BCUT2D eigenvalue weighted by molar-refractivity contribution is 5.87. The molecule has 2 heterocycles. The molecule has 0 radical (unpaired) electrons. The van der Waals surface area contributed by atoms with E-state index in [1.165, 1.54) is 6.20 Å². The number of imidazole rings is 1. The van der Waals surface area contributed by atoms with Crippen LogP contribution in [0.4, 0.5) is 0 Å². The summed E-state index contributed by atoms with van der Waals surface area (Å²) in [5, 5.41) is 0. The number of aldehydes is 1. The summed E-state index contributed by atoms with van der Waals surface area (Å²) in [6.45, 7) is 2.60. The van der Waals surface area contributed by atoms with E-state index in [1.54, 1.807) is 10.9 Å². The van der Waals surface area contributed by atoms with Crippen LogP contribution < -0.4 is 0 Å². The lowest BCUT2D eigenvalue weighted by atomic mass is 9.89. The molecule has 0 saturated carbocycles. The molecule has 3 rings (SSSR count). The third kappa shape index (κ3) is 3.03. The lowest BCUT2D eigenvalue weighted by Gasteiger charge is -2.35. The molecule has 0 N–H and O–H groups in total. The summed E-state index contributed by atoms with van der Waals surface area (Å²) in [7, 11) is 0. The van der Waals surface area contributed by atoms with Gasteiger partial charge in [-0.2, -0.15) is 0 Å². The van der Waals surface area contributed by atoms with Gasteiger partial charge in [0.05, 0.1) is 31.8 Å². The van der Waals surface area contributed by atoms with Crippen molar-refractivity contribution in [1.29, 1.82) is 0 Å². The van der Waals surface area contributed by atoms with Crippen LogP contribution in [-0.2, 0) is 14.3 Å². The van der Waals surface area contributed by atoms with E-state index in [-0.39, 0.29) is 12.6 Å². The summed E-state index contributed by atoms with van der Waals surface area (Å²) >= 11 is 0. The van der Waals surface area contributed by atoms with Crippen molar-refractivity contribution < 1.29 is 19.1 Å². The van der Waals surface area contributed by atoms with Crippen molar-refractivity contribution in [2.45, 2.75) is 13.0 Å². The standard InChI is InChI=1S/C17H18N2O4/c1-13(14-5-3-2-4-6-14)19-12-18-7-15(19)16(21)23-11-17(8-20)9-22-10-17/h2-8,12-13H,9-11H2,1H3/t13-/m1/s1. The molecule has 0 unspecified atom stereocenters. The van der Waals surface area contributed by atoms with Crippen molar-refractivity contribution in [2.24, 2.45) is 5.41 Å². The Hall–Kier alpha value is -2.47. The number of nitrogens with zero attached hydrogens (tertiary/aromatic N) is 2. The zero-order chi connectivity index (χ0) is 16.3. The van der Waals surface area contributed by atoms with E-state index in [0.717, 1.165) is 11.8 Å². The lowest BCUT2D eigenvalue weighted by Crippen LogP contribution is -2.48. The summed E-state index contributed by atoms with van der Waals surface area (Å²) in [4.78, 5) is 27.5. The van der Waals surface area contributed by atoms with E-state index in [1.807, 2.05) is 37.3 Å². The first-order chi connectivity index (χ1) is 11.2. The lowest BCUT2D eigenvalue weighted by molar-refractivity contribution is -0.155. The molecule has 0 bridgehead atoms. The van der Waals surface area contributed by atoms with Crippen LogP contribution >= 0.6 is 0 Å². The second-order valence-electron chi connectivity index (χ2n) is 5.82. The van der Waals surface area contributed by atoms with Crippen LogP contribution in [-0.4, -0.2) is 41.6 Å². The number of ether oxygens (including phenoxy) is 2. The van der Waals surface area contributed by atoms with Crippen molar-refractivity contribution in [3.8, 4) is 0 Å². The van der Waals surface area contributed by atoms with Gasteiger partial charge < -0.3 is 18.8 Å². The summed E-state index contributed by atoms with van der Waals surface area (Å²) in [5.41, 5.74) is 0.741. The molecule has 23 heavy (non-hydrogen) atoms. The first kappa shape index (κ1) is 15.4. The minimum atomic E-state index is -0.689. The van der Waals surface area contributed by atoms with Gasteiger partial charge in [0.2, 0.25) is 0 Å². The van der Waals surface area contributed by atoms with E-state index in [9.17, 15) is 9.59 Å². The summed E-state index contributed by atoms with van der Waals surface area (Å²) < 4.78 is 12.1. The fraction of sp³-hybridized carbons (Fsp3) is 0.353. The molecule has 1 fully saturated rings. The number of benzene rings is 1. The third-order valence-corrected chi connectivity index (χ3v) is 4.09. The van der Waals surface area contributed by atoms with Crippen LogP contribution in [0.1, 0.15) is 29.0 Å². The molecule has 1 atom stereocenters. The highest BCUT2D eigenvalue weighted by atomic mass is 16.5. The van der Waals surface area contributed by atoms with E-state index in [0.29, 0.717) is 18.9 Å². The van der Waals surface area contributed by atoms with Crippen LogP contribution in [0.25, 0.3) is 0 Å². The molecule has 2 aromatic rings. The number of esters is 1. The quantitative estimate of drug-likeness (QED) is 0.601. The Bertz CT molecular complexity index is 692. The zero-order valence-electron chi connectivity index (χ0n) is 12.8. The van der Waals surface area contributed by atoms with Gasteiger partial charge in [0, 0.05) is 0 Å². The van der Waals surface area contributed by atoms with Gasteiger partial charge >= 0.3 is 5.97 Å². The normalized spacial score (nSPS) is 17.1. The first-order valence-electron chi connectivity index (χ1n) is 7.43. The van der Waals surface area contributed by atoms with Crippen molar-refractivity contribution in [2.75, 3.05) is 19.8 Å². The smallest absolute Gasteiger partial charge is 0.356 e. The third-order valence-electron chi connectivity index (χ3n) is 4.09. The Morgan fingerprint density at radius 3 is 2.78 bits per heavy atom. The Morgan fingerprint density at radius 1 is 1.43 bits per heavy atom. The molecule has 1 aliphatic rings. The minimum Gasteiger partial charge on any atom is -0.460 e. The van der Waals surface area contributed by atoms with Gasteiger partial charge in [-0.05, 0) is 12.5 Å². The predicted octanol–water partition coefficient (Wildman–Crippen LogP) is 1.86. The van der Waals surface area contributed by atoms with Gasteiger partial charge in [0.15, 0.2) is 0 Å². The summed E-state index contributed by atoms with van der Waals surface area (Å²) in [5.74, 6) is -0.488. The van der Waals surface area contributed by atoms with Crippen LogP contribution in [0.15, 0.2) is 42.9 Å². The van der Waals surface area contributed by atoms with Crippen LogP contribution in [0.3, 0.4) is 0 Å². The molecule has 6 nitrogen and oxygen atoms in total. The number of hydrogen-bond donors (Lipinski definition) is 0. The Kier molecular flexibility index (Phi) is 4.25. The maximum atomic E-state index is 12.3. The van der Waals surface area contributed by atoms with Gasteiger partial charge in [-0.15, -0.1) is 0 Å². The van der Waals surface area contributed by atoms with Crippen LogP contribution in [0, 0.1) is 5.41 Å². The highest BCUT2D eigenvalue weighted by Gasteiger charge is 2.40. The largest absolute Gasteiger partial charge is 0.460 e. The Labute approximate surface area is 134 Å². The van der Waals surface area contributed by atoms with Crippen molar-refractivity contribution in [3.63, 3.8) is 0 Å². The first-order valence-corrected chi connectivity index (χ1v) is 7.43. The molecule has 0 amide bonds. The molecule has 0 spiro atoms. The number of hydrogen-bond acceptors (Lipinski definition) is 5. The maximum absolute atomic E-state index is 12.3. The molecule has 1 aromatic carbocycles. The van der Waals surface area contributed by atoms with E-state index in [2.05, 4.69) is 4.98 Å². The topological polar surface area (TPSA) is 70.4 Å². The second-order valence-corrected chi connectivity index (χ2v) is 5.82. The predicted molar refractivity (Wildman–Crippen MR) is 82.1 cm³/mol. The van der Waals surface area contributed by atoms with Gasteiger partial charge in [0.1, 0.15) is 24.0 Å². The molecule has 0 aliphatic carbocycles. The van der Waals surface area contributed by atoms with E-state index >= 15 is 0 Å². The Morgan fingerprint density at radius 2 is 2.17 bits per heavy atom. The number of carbonyl (C=O) groups is 2. The van der Waals surface area contributed by atoms with E-state index in [4.69, 9.17) is 9.47 Å². The molecule has 120 valence electrons. The van der Waals surface area contributed by atoms with Crippen molar-refractivity contribution in [3.05, 3.63) is 54.1 Å². The molecule has 1 aromatic heterocycles. The Balaban J connectivity index is 1.72. The second kappa shape index (κ2) is 6.34. The summed E-state index contributed by atoms with van der Waals surface area (Å²) in [6, 6.07) is 9.78. The monoisotopic (exact) mass is 314 g/mol. The van der Waals surface area contributed by atoms with Crippen molar-refractivity contribution >= 4 is 12.3 Å². The molecular weight excluding hydrogens is 296 g/mol. The zero-order valence-corrected chi connectivity index (χ0v) is 12.8. The number of carbonyl (C=O) groups excluding carboxylic acids is 2. The fourth-order valence-corrected chi connectivity index (χ4v) is 2.50. The average molecular weight is 314 g/mol. The van der Waals surface area contributed by atoms with Gasteiger partial charge in [0.25, 0.3) is 0 Å². The van der Waals surface area contributed by atoms with Crippen LogP contribution in [0.2, 0.25) is 0 Å². The van der Waals surface area contributed by atoms with E-state index < -0.39 is 11.4 Å². The molecule has 6 heteroatoms. The molecular formula is C17H18N2O4.